The van der Waals surface area contributed by atoms with E-state index in [1.54, 1.807) is 19.1 Å². The largest absolute Gasteiger partial charge is 0.496 e. The van der Waals surface area contributed by atoms with Crippen molar-refractivity contribution in [3.8, 4) is 5.75 Å². The summed E-state index contributed by atoms with van der Waals surface area (Å²) in [5.74, 6) is 1.44. The molecule has 0 aliphatic carbocycles. The minimum absolute atomic E-state index is 0.0852. The van der Waals surface area contributed by atoms with Gasteiger partial charge in [-0.2, -0.15) is 12.6 Å². The van der Waals surface area contributed by atoms with Crippen molar-refractivity contribution in [1.82, 2.24) is 4.90 Å². The molecule has 0 bridgehead atoms. The number of hydrogen-bond donors (Lipinski definition) is 1. The van der Waals surface area contributed by atoms with E-state index < -0.39 is 0 Å². The van der Waals surface area contributed by atoms with Gasteiger partial charge in [0.25, 0.3) is 0 Å². The van der Waals surface area contributed by atoms with Crippen LogP contribution in [0.3, 0.4) is 0 Å². The van der Waals surface area contributed by atoms with E-state index in [0.717, 1.165) is 15.8 Å². The molecule has 0 fully saturated rings. The number of carbonyl (C=O) groups is 1. The van der Waals surface area contributed by atoms with Gasteiger partial charge in [0.1, 0.15) is 5.75 Å². The molecule has 0 heterocycles. The van der Waals surface area contributed by atoms with Crippen molar-refractivity contribution in [2.75, 3.05) is 19.9 Å². The summed E-state index contributed by atoms with van der Waals surface area (Å²) in [6.45, 7) is 0.537. The average molecular weight is 318 g/mol. The van der Waals surface area contributed by atoms with Crippen LogP contribution in [0, 0.1) is 0 Å². The van der Waals surface area contributed by atoms with Gasteiger partial charge in [0.2, 0.25) is 5.91 Å². The molecule has 0 aromatic heterocycles. The molecular weight excluding hydrogens is 302 g/mol. The third-order valence-corrected chi connectivity index (χ3v) is 3.12. The lowest BCUT2D eigenvalue weighted by Gasteiger charge is -2.18. The number of carbonyl (C=O) groups excluding carboxylic acids is 1. The Hall–Kier alpha value is -0.680. The van der Waals surface area contributed by atoms with Crippen LogP contribution in [0.4, 0.5) is 0 Å². The van der Waals surface area contributed by atoms with E-state index in [1.165, 1.54) is 0 Å². The van der Waals surface area contributed by atoms with Gasteiger partial charge in [-0.15, -0.1) is 0 Å². The van der Waals surface area contributed by atoms with Gasteiger partial charge in [0.05, 0.1) is 7.11 Å². The predicted octanol–water partition coefficient (Wildman–Crippen LogP) is 2.74. The van der Waals surface area contributed by atoms with E-state index in [9.17, 15) is 4.79 Å². The first-order valence-corrected chi connectivity index (χ1v) is 6.68. The molecule has 94 valence electrons. The Kier molecular flexibility index (Phi) is 5.85. The van der Waals surface area contributed by atoms with Crippen LogP contribution in [0.2, 0.25) is 0 Å². The minimum Gasteiger partial charge on any atom is -0.496 e. The highest BCUT2D eigenvalue weighted by Gasteiger charge is 2.11. The Morgan fingerprint density at radius 1 is 1.53 bits per heavy atom. The fourth-order valence-electron chi connectivity index (χ4n) is 1.50. The zero-order valence-corrected chi connectivity index (χ0v) is 12.4. The first-order chi connectivity index (χ1) is 8.08. The Morgan fingerprint density at radius 3 is 2.82 bits per heavy atom. The van der Waals surface area contributed by atoms with Crippen LogP contribution in [-0.4, -0.2) is 30.7 Å². The highest BCUT2D eigenvalue weighted by molar-refractivity contribution is 9.10. The topological polar surface area (TPSA) is 29.5 Å². The van der Waals surface area contributed by atoms with Crippen LogP contribution in [0.5, 0.6) is 5.75 Å². The molecule has 0 spiro atoms. The standard InChI is InChI=1S/C12H16BrNO2S/c1-14(12(15)5-6-17)8-9-7-10(13)3-4-11(9)16-2/h3-4,7,17H,5-6,8H2,1-2H3. The van der Waals surface area contributed by atoms with Crippen LogP contribution in [0.25, 0.3) is 0 Å². The smallest absolute Gasteiger partial charge is 0.223 e. The van der Waals surface area contributed by atoms with Gasteiger partial charge in [0.15, 0.2) is 0 Å². The van der Waals surface area contributed by atoms with Crippen molar-refractivity contribution < 1.29 is 9.53 Å². The van der Waals surface area contributed by atoms with Crippen molar-refractivity contribution >= 4 is 34.5 Å². The molecule has 1 amide bonds. The molecular formula is C12H16BrNO2S. The number of hydrogen-bond acceptors (Lipinski definition) is 3. The molecule has 1 aromatic rings. The third kappa shape index (κ3) is 4.24. The Bertz CT molecular complexity index is 398. The Labute approximate surface area is 116 Å². The van der Waals surface area contributed by atoms with Gasteiger partial charge in [-0.1, -0.05) is 15.9 Å². The highest BCUT2D eigenvalue weighted by atomic mass is 79.9. The summed E-state index contributed by atoms with van der Waals surface area (Å²) in [4.78, 5) is 13.3. The summed E-state index contributed by atoms with van der Waals surface area (Å²) in [6, 6.07) is 5.76. The molecule has 0 saturated carbocycles. The van der Waals surface area contributed by atoms with Crippen LogP contribution in [-0.2, 0) is 11.3 Å². The first kappa shape index (κ1) is 14.4. The normalized spacial score (nSPS) is 10.1. The second-order valence-corrected chi connectivity index (χ2v) is 5.04. The Morgan fingerprint density at radius 2 is 2.24 bits per heavy atom. The molecule has 0 atom stereocenters. The van der Waals surface area contributed by atoms with E-state index in [2.05, 4.69) is 28.6 Å². The second kappa shape index (κ2) is 6.91. The fraction of sp³-hybridized carbons (Fsp3) is 0.417. The molecule has 1 rings (SSSR count). The molecule has 0 radical (unpaired) electrons. The maximum atomic E-state index is 11.7. The number of nitrogens with zero attached hydrogens (tertiary/aromatic N) is 1. The molecule has 5 heteroatoms. The molecule has 0 N–H and O–H groups in total. The van der Waals surface area contributed by atoms with E-state index in [-0.39, 0.29) is 5.91 Å². The number of methoxy groups -OCH3 is 1. The Balaban J connectivity index is 2.79. The van der Waals surface area contributed by atoms with Gasteiger partial charge in [-0.25, -0.2) is 0 Å². The van der Waals surface area contributed by atoms with E-state index >= 15 is 0 Å². The lowest BCUT2D eigenvalue weighted by atomic mass is 10.2. The average Bonchev–Trinajstić information content (AvgIpc) is 2.29. The van der Waals surface area contributed by atoms with Crippen molar-refractivity contribution in [1.29, 1.82) is 0 Å². The zero-order chi connectivity index (χ0) is 12.8. The summed E-state index contributed by atoms with van der Waals surface area (Å²) in [7, 11) is 3.41. The molecule has 1 aromatic carbocycles. The predicted molar refractivity (Wildman–Crippen MR) is 75.6 cm³/mol. The number of ether oxygens (including phenoxy) is 1. The quantitative estimate of drug-likeness (QED) is 0.846. The van der Waals surface area contributed by atoms with Gasteiger partial charge in [-0.05, 0) is 24.0 Å². The van der Waals surface area contributed by atoms with Gasteiger partial charge in [0, 0.05) is 30.0 Å². The number of benzene rings is 1. The number of halogens is 1. The van der Waals surface area contributed by atoms with Crippen LogP contribution in [0.15, 0.2) is 22.7 Å². The lowest BCUT2D eigenvalue weighted by molar-refractivity contribution is -0.129. The highest BCUT2D eigenvalue weighted by Crippen LogP contribution is 2.24. The number of thiol groups is 1. The molecule has 17 heavy (non-hydrogen) atoms. The van der Waals surface area contributed by atoms with Crippen molar-refractivity contribution in [2.45, 2.75) is 13.0 Å². The van der Waals surface area contributed by atoms with Crippen LogP contribution in [0.1, 0.15) is 12.0 Å². The van der Waals surface area contributed by atoms with Gasteiger partial charge < -0.3 is 9.64 Å². The second-order valence-electron chi connectivity index (χ2n) is 3.68. The number of amides is 1. The van der Waals surface area contributed by atoms with Crippen LogP contribution >= 0.6 is 28.6 Å². The summed E-state index contributed by atoms with van der Waals surface area (Å²) >= 11 is 7.47. The van der Waals surface area contributed by atoms with Gasteiger partial charge in [-0.3, -0.25) is 4.79 Å². The monoisotopic (exact) mass is 317 g/mol. The first-order valence-electron chi connectivity index (χ1n) is 5.25. The summed E-state index contributed by atoms with van der Waals surface area (Å²) in [6.07, 6.45) is 0.454. The summed E-state index contributed by atoms with van der Waals surface area (Å²) < 4.78 is 6.24. The summed E-state index contributed by atoms with van der Waals surface area (Å²) in [5, 5.41) is 0. The zero-order valence-electron chi connectivity index (χ0n) is 9.94. The van der Waals surface area contributed by atoms with E-state index in [0.29, 0.717) is 18.7 Å². The molecule has 0 aliphatic heterocycles. The molecule has 0 aliphatic rings. The summed E-state index contributed by atoms with van der Waals surface area (Å²) in [5.41, 5.74) is 0.983. The van der Waals surface area contributed by atoms with Crippen LogP contribution < -0.4 is 4.74 Å². The minimum atomic E-state index is 0.0852. The van der Waals surface area contributed by atoms with Gasteiger partial charge >= 0.3 is 0 Å². The maximum Gasteiger partial charge on any atom is 0.223 e. The molecule has 0 unspecified atom stereocenters. The van der Waals surface area contributed by atoms with Crippen molar-refractivity contribution in [2.24, 2.45) is 0 Å². The number of rotatable bonds is 5. The lowest BCUT2D eigenvalue weighted by Crippen LogP contribution is -2.26. The van der Waals surface area contributed by atoms with Crippen molar-refractivity contribution in [3.05, 3.63) is 28.2 Å². The fourth-order valence-corrected chi connectivity index (χ4v) is 2.10. The molecule has 0 saturated heterocycles. The van der Waals surface area contributed by atoms with E-state index in [1.807, 2.05) is 18.2 Å². The maximum absolute atomic E-state index is 11.7. The third-order valence-electron chi connectivity index (χ3n) is 2.40. The van der Waals surface area contributed by atoms with Crippen molar-refractivity contribution in [3.63, 3.8) is 0 Å². The molecule has 3 nitrogen and oxygen atoms in total. The van der Waals surface area contributed by atoms with E-state index in [4.69, 9.17) is 4.74 Å². The SMILES string of the molecule is COc1ccc(Br)cc1CN(C)C(=O)CCS.